The summed E-state index contributed by atoms with van der Waals surface area (Å²) in [4.78, 5) is 6.64. The van der Waals surface area contributed by atoms with E-state index in [1.54, 1.807) is 7.05 Å². The van der Waals surface area contributed by atoms with Crippen molar-refractivity contribution in [3.8, 4) is 0 Å². The molecule has 134 valence electrons. The van der Waals surface area contributed by atoms with E-state index in [0.717, 1.165) is 50.0 Å². The molecule has 0 aliphatic carbocycles. The van der Waals surface area contributed by atoms with Gasteiger partial charge in [0, 0.05) is 19.7 Å². The highest BCUT2D eigenvalue weighted by molar-refractivity contribution is 14.0. The van der Waals surface area contributed by atoms with Crippen LogP contribution >= 0.6 is 24.0 Å². The van der Waals surface area contributed by atoms with Gasteiger partial charge in [-0.25, -0.2) is 0 Å². The zero-order valence-electron chi connectivity index (χ0n) is 15.1. The van der Waals surface area contributed by atoms with Crippen molar-refractivity contribution in [1.29, 1.82) is 0 Å². The third-order valence-corrected chi connectivity index (χ3v) is 3.66. The van der Waals surface area contributed by atoms with Crippen LogP contribution in [0.15, 0.2) is 15.6 Å². The number of nitrogens with one attached hydrogen (secondary N) is 2. The van der Waals surface area contributed by atoms with E-state index >= 15 is 0 Å². The molecule has 0 atom stereocenters. The smallest absolute Gasteiger partial charge is 0.191 e. The summed E-state index contributed by atoms with van der Waals surface area (Å²) in [7, 11) is 1.78. The fourth-order valence-corrected chi connectivity index (χ4v) is 2.13. The molecule has 2 N–H and O–H groups in total. The van der Waals surface area contributed by atoms with Crippen LogP contribution in [-0.4, -0.2) is 49.2 Å². The van der Waals surface area contributed by atoms with Crippen LogP contribution in [0, 0.1) is 0 Å². The van der Waals surface area contributed by atoms with Gasteiger partial charge in [0.25, 0.3) is 0 Å². The average Bonchev–Trinajstić information content (AvgIpc) is 2.99. The molecule has 0 fully saturated rings. The molecule has 1 rings (SSSR count). The fraction of sp³-hybridized carbons (Fsp3) is 0.750. The van der Waals surface area contributed by atoms with Crippen molar-refractivity contribution in [2.24, 2.45) is 4.99 Å². The number of hydrogen-bond acceptors (Lipinski definition) is 4. The van der Waals surface area contributed by atoms with Crippen LogP contribution in [0.5, 0.6) is 0 Å². The molecular weight excluding hydrogens is 405 g/mol. The van der Waals surface area contributed by atoms with Crippen LogP contribution in [0.2, 0.25) is 0 Å². The molecular formula is C16H32IN5O. The fourth-order valence-electron chi connectivity index (χ4n) is 2.13. The Morgan fingerprint density at radius 3 is 2.52 bits per heavy atom. The SMILES string of the molecule is CCN(CC)CCCNC(=NC)NCc1cc(C(C)C)no1.I. The molecule has 1 heterocycles. The maximum atomic E-state index is 5.31. The second kappa shape index (κ2) is 12.6. The van der Waals surface area contributed by atoms with E-state index in [1.165, 1.54) is 0 Å². The first-order valence-corrected chi connectivity index (χ1v) is 8.23. The number of aliphatic imine (C=N–C) groups is 1. The van der Waals surface area contributed by atoms with Crippen LogP contribution < -0.4 is 10.6 Å². The quantitative estimate of drug-likeness (QED) is 0.269. The minimum Gasteiger partial charge on any atom is -0.359 e. The van der Waals surface area contributed by atoms with Crippen molar-refractivity contribution in [3.05, 3.63) is 17.5 Å². The lowest BCUT2D eigenvalue weighted by molar-refractivity contribution is 0.300. The maximum Gasteiger partial charge on any atom is 0.191 e. The highest BCUT2D eigenvalue weighted by atomic mass is 127. The Morgan fingerprint density at radius 1 is 1.30 bits per heavy atom. The zero-order valence-corrected chi connectivity index (χ0v) is 17.4. The van der Waals surface area contributed by atoms with Gasteiger partial charge in [0.05, 0.1) is 12.2 Å². The van der Waals surface area contributed by atoms with Gasteiger partial charge in [0.2, 0.25) is 0 Å². The van der Waals surface area contributed by atoms with Crippen LogP contribution in [0.1, 0.15) is 51.5 Å². The van der Waals surface area contributed by atoms with E-state index in [2.05, 4.69) is 53.4 Å². The first kappa shape index (κ1) is 22.2. The van der Waals surface area contributed by atoms with Crippen molar-refractivity contribution < 1.29 is 4.52 Å². The third kappa shape index (κ3) is 8.55. The largest absolute Gasteiger partial charge is 0.359 e. The van der Waals surface area contributed by atoms with Crippen LogP contribution in [-0.2, 0) is 6.54 Å². The third-order valence-electron chi connectivity index (χ3n) is 3.66. The van der Waals surface area contributed by atoms with E-state index in [9.17, 15) is 0 Å². The topological polar surface area (TPSA) is 65.7 Å². The molecule has 0 unspecified atom stereocenters. The highest BCUT2D eigenvalue weighted by Crippen LogP contribution is 2.13. The number of halogens is 1. The monoisotopic (exact) mass is 437 g/mol. The molecule has 1 aromatic heterocycles. The van der Waals surface area contributed by atoms with E-state index in [1.807, 2.05) is 6.07 Å². The minimum atomic E-state index is 0. The molecule has 0 bridgehead atoms. The van der Waals surface area contributed by atoms with Crippen molar-refractivity contribution in [1.82, 2.24) is 20.7 Å². The molecule has 0 saturated heterocycles. The Morgan fingerprint density at radius 2 is 2.00 bits per heavy atom. The first-order valence-electron chi connectivity index (χ1n) is 8.23. The standard InChI is InChI=1S/C16H31N5O.HI/c1-6-21(7-2)10-8-9-18-16(17-5)19-12-14-11-15(13(3)4)20-22-14;/h11,13H,6-10,12H2,1-5H3,(H2,17,18,19);1H. The first-order chi connectivity index (χ1) is 10.6. The second-order valence-corrected chi connectivity index (χ2v) is 5.61. The van der Waals surface area contributed by atoms with Crippen molar-refractivity contribution >= 4 is 29.9 Å². The molecule has 0 spiro atoms. The van der Waals surface area contributed by atoms with Gasteiger partial charge in [-0.1, -0.05) is 32.9 Å². The minimum absolute atomic E-state index is 0. The van der Waals surface area contributed by atoms with Gasteiger partial charge in [-0.05, 0) is 32.0 Å². The summed E-state index contributed by atoms with van der Waals surface area (Å²) in [5.41, 5.74) is 0.985. The molecule has 6 nitrogen and oxygen atoms in total. The lowest BCUT2D eigenvalue weighted by Crippen LogP contribution is -2.38. The van der Waals surface area contributed by atoms with Gasteiger partial charge in [0.1, 0.15) is 0 Å². The van der Waals surface area contributed by atoms with E-state index in [-0.39, 0.29) is 24.0 Å². The molecule has 0 amide bonds. The van der Waals surface area contributed by atoms with Crippen LogP contribution in [0.3, 0.4) is 0 Å². The van der Waals surface area contributed by atoms with Crippen molar-refractivity contribution in [3.63, 3.8) is 0 Å². The number of rotatable bonds is 9. The van der Waals surface area contributed by atoms with Crippen LogP contribution in [0.25, 0.3) is 0 Å². The lowest BCUT2D eigenvalue weighted by atomic mass is 10.1. The summed E-state index contributed by atoms with van der Waals surface area (Å²) >= 11 is 0. The van der Waals surface area contributed by atoms with Gasteiger partial charge in [0.15, 0.2) is 11.7 Å². The van der Waals surface area contributed by atoms with Crippen LogP contribution in [0.4, 0.5) is 0 Å². The second-order valence-electron chi connectivity index (χ2n) is 5.61. The van der Waals surface area contributed by atoms with E-state index in [4.69, 9.17) is 4.52 Å². The molecule has 0 saturated carbocycles. The summed E-state index contributed by atoms with van der Waals surface area (Å²) < 4.78 is 5.31. The summed E-state index contributed by atoms with van der Waals surface area (Å²) in [5, 5.41) is 10.6. The molecule has 0 aliphatic rings. The predicted molar refractivity (Wildman–Crippen MR) is 107 cm³/mol. The lowest BCUT2D eigenvalue weighted by Gasteiger charge is -2.18. The van der Waals surface area contributed by atoms with Gasteiger partial charge in [-0.15, -0.1) is 24.0 Å². The number of hydrogen-bond donors (Lipinski definition) is 2. The Bertz CT molecular complexity index is 443. The Kier molecular flexibility index (Phi) is 12.1. The van der Waals surface area contributed by atoms with E-state index < -0.39 is 0 Å². The molecule has 7 heteroatoms. The predicted octanol–water partition coefficient (Wildman–Crippen LogP) is 2.81. The Hall–Kier alpha value is -0.830. The normalized spacial score (nSPS) is 11.7. The molecule has 0 aromatic carbocycles. The van der Waals surface area contributed by atoms with Gasteiger partial charge >= 0.3 is 0 Å². The maximum absolute atomic E-state index is 5.31. The van der Waals surface area contributed by atoms with Crippen molar-refractivity contribution in [2.75, 3.05) is 33.2 Å². The number of guanidine groups is 1. The number of aromatic nitrogens is 1. The molecule has 23 heavy (non-hydrogen) atoms. The summed E-state index contributed by atoms with van der Waals surface area (Å²) in [5.74, 6) is 2.01. The molecule has 0 aliphatic heterocycles. The van der Waals surface area contributed by atoms with E-state index in [0.29, 0.717) is 12.5 Å². The average molecular weight is 437 g/mol. The number of nitrogens with zero attached hydrogens (tertiary/aromatic N) is 3. The molecule has 0 radical (unpaired) electrons. The molecule has 1 aromatic rings. The Labute approximate surface area is 157 Å². The van der Waals surface area contributed by atoms with Crippen molar-refractivity contribution in [2.45, 2.75) is 46.6 Å². The van der Waals surface area contributed by atoms with Gasteiger partial charge < -0.3 is 20.1 Å². The van der Waals surface area contributed by atoms with Gasteiger partial charge in [-0.2, -0.15) is 0 Å². The zero-order chi connectivity index (χ0) is 16.4. The van der Waals surface area contributed by atoms with Gasteiger partial charge in [-0.3, -0.25) is 4.99 Å². The summed E-state index contributed by atoms with van der Waals surface area (Å²) in [6, 6.07) is 1.99. The highest BCUT2D eigenvalue weighted by Gasteiger charge is 2.08. The Balaban J connectivity index is 0.00000484. The summed E-state index contributed by atoms with van der Waals surface area (Å²) in [6.45, 7) is 13.4. The summed E-state index contributed by atoms with van der Waals surface area (Å²) in [6.07, 6.45) is 1.10.